The van der Waals surface area contributed by atoms with Crippen LogP contribution in [0.2, 0.25) is 0 Å². The molecule has 0 aromatic carbocycles. The van der Waals surface area contributed by atoms with Gasteiger partial charge < -0.3 is 0 Å². The molecule has 0 aliphatic heterocycles. The summed E-state index contributed by atoms with van der Waals surface area (Å²) in [6.07, 6.45) is 8.59. The summed E-state index contributed by atoms with van der Waals surface area (Å²) in [5.41, 5.74) is -0.301. The first-order valence-corrected chi connectivity index (χ1v) is 9.96. The Morgan fingerprint density at radius 1 is 0.722 bits per heavy atom. The molecule has 0 spiro atoms. The number of rotatable bonds is 11. The maximum absolute atomic E-state index is 10.3. The molecule has 4 heteroatoms. The van der Waals surface area contributed by atoms with Crippen molar-refractivity contribution < 1.29 is 14.7 Å². The van der Waals surface area contributed by atoms with E-state index >= 15 is 0 Å². The third-order valence-electron chi connectivity index (χ3n) is 3.70. The fourth-order valence-corrected chi connectivity index (χ4v) is 5.24. The van der Waals surface area contributed by atoms with E-state index in [1.165, 1.54) is 12.8 Å². The van der Waals surface area contributed by atoms with Crippen LogP contribution in [0.25, 0.3) is 0 Å². The molecule has 1 atom stereocenters. The topological polar surface area (TPSA) is 60.7 Å². The molecule has 3 nitrogen and oxygen atoms in total. The predicted molar refractivity (Wildman–Crippen MR) is 80.8 cm³/mol. The van der Waals surface area contributed by atoms with Crippen LogP contribution in [0.4, 0.5) is 0 Å². The molecule has 0 amide bonds. The molecule has 18 heavy (non-hydrogen) atoms. The normalized spacial score (nSPS) is 16.2. The summed E-state index contributed by atoms with van der Waals surface area (Å²) in [6.45, 7) is 6.20. The van der Waals surface area contributed by atoms with Gasteiger partial charge in [-0.1, -0.05) is 0 Å². The molecule has 0 rings (SSSR count). The van der Waals surface area contributed by atoms with Crippen molar-refractivity contribution in [1.82, 2.24) is 0 Å². The first-order chi connectivity index (χ1) is 8.35. The Bertz CT molecular complexity index is 211. The van der Waals surface area contributed by atoms with Gasteiger partial charge in [-0.3, -0.25) is 0 Å². The summed E-state index contributed by atoms with van der Waals surface area (Å²) in [5.74, 6) is 0. The van der Waals surface area contributed by atoms with Gasteiger partial charge in [-0.05, 0) is 0 Å². The first-order valence-electron chi connectivity index (χ1n) is 7.61. The number of unbranched alkanes of at least 4 members (excludes halogenated alkanes) is 4. The van der Waals surface area contributed by atoms with Gasteiger partial charge in [0.25, 0.3) is 0 Å². The van der Waals surface area contributed by atoms with Gasteiger partial charge >= 0.3 is 112 Å². The van der Waals surface area contributed by atoms with Crippen molar-refractivity contribution in [1.29, 1.82) is 0 Å². The molecule has 0 aromatic heterocycles. The van der Waals surface area contributed by atoms with Crippen LogP contribution in [0.1, 0.15) is 78.6 Å². The minimum atomic E-state index is -4.41. The molecule has 0 heterocycles. The van der Waals surface area contributed by atoms with Crippen LogP contribution in [0, 0.1) is 0 Å². The van der Waals surface area contributed by atoms with E-state index in [9.17, 15) is 14.7 Å². The Kier molecular flexibility index (Phi) is 8.62. The molecular weight excluding hydrogens is 247 g/mol. The maximum atomic E-state index is 10.3. The van der Waals surface area contributed by atoms with Crippen molar-refractivity contribution in [2.24, 2.45) is 0 Å². The van der Waals surface area contributed by atoms with E-state index in [0.29, 0.717) is 6.42 Å². The van der Waals surface area contributed by atoms with Gasteiger partial charge in [0, 0.05) is 0 Å². The Hall–Kier alpha value is 0.310. The Morgan fingerprint density at radius 2 is 1.33 bits per heavy atom. The quantitative estimate of drug-likeness (QED) is 0.392. The van der Waals surface area contributed by atoms with Gasteiger partial charge in [-0.15, -0.1) is 0 Å². The molecule has 0 aromatic rings. The second-order valence-corrected chi connectivity index (χ2v) is 9.21. The van der Waals surface area contributed by atoms with Crippen LogP contribution in [0.5, 0.6) is 0 Å². The van der Waals surface area contributed by atoms with Crippen LogP contribution in [-0.4, -0.2) is 26.5 Å². The summed E-state index contributed by atoms with van der Waals surface area (Å²) < 4.78 is 0. The summed E-state index contributed by atoms with van der Waals surface area (Å²) in [7, 11) is -4.41. The Labute approximate surface area is 113 Å². The predicted octanol–water partition coefficient (Wildman–Crippen LogP) is 4.20. The van der Waals surface area contributed by atoms with E-state index in [0.717, 1.165) is 38.5 Å². The average Bonchev–Trinajstić information content (AvgIpc) is 2.30. The zero-order chi connectivity index (χ0) is 14.1. The van der Waals surface area contributed by atoms with Gasteiger partial charge in [0.15, 0.2) is 0 Å². The van der Waals surface area contributed by atoms with Crippen LogP contribution in [0.3, 0.4) is 0 Å². The molecule has 112 valence electrons. The fourth-order valence-electron chi connectivity index (χ4n) is 2.46. The van der Waals surface area contributed by atoms with Crippen molar-refractivity contribution >= 4 is 7.28 Å². The van der Waals surface area contributed by atoms with Crippen LogP contribution in [0.15, 0.2) is 0 Å². The second-order valence-electron chi connectivity index (χ2n) is 5.59. The molecule has 0 bridgehead atoms. The van der Waals surface area contributed by atoms with Crippen molar-refractivity contribution in [3.8, 4) is 0 Å². The zero-order valence-corrected chi connectivity index (χ0v) is 13.3. The molecule has 0 aliphatic carbocycles. The minimum absolute atomic E-state index is 0.181. The third kappa shape index (κ3) is 7.04. The fraction of sp³-hybridized carbons (Fsp3) is 1.00. The van der Waals surface area contributed by atoms with Gasteiger partial charge in [-0.25, -0.2) is 0 Å². The van der Waals surface area contributed by atoms with E-state index in [1.54, 1.807) is 0 Å². The van der Waals surface area contributed by atoms with Crippen molar-refractivity contribution in [3.63, 3.8) is 0 Å². The molecular formula is C14H33O3P. The standard InChI is InChI=1S/C14H33O3P/c1-4-7-9-10-12-14(11-6-3)18(15,16,17)13-8-5-2/h14-17H,4-13H2,1-3H3. The second kappa shape index (κ2) is 8.47. The SMILES string of the molecule is CCCCCCC(CCC)P(O)(O)(O)CCCC. The summed E-state index contributed by atoms with van der Waals surface area (Å²) in [4.78, 5) is 30.9. The van der Waals surface area contributed by atoms with Crippen molar-refractivity contribution in [2.45, 2.75) is 84.2 Å². The molecule has 0 fully saturated rings. The van der Waals surface area contributed by atoms with E-state index in [2.05, 4.69) is 6.92 Å². The Morgan fingerprint density at radius 3 is 1.83 bits per heavy atom. The summed E-state index contributed by atoms with van der Waals surface area (Å²) >= 11 is 0. The van der Waals surface area contributed by atoms with Gasteiger partial charge in [0.2, 0.25) is 0 Å². The average molecular weight is 280 g/mol. The van der Waals surface area contributed by atoms with Crippen LogP contribution < -0.4 is 0 Å². The molecule has 0 saturated carbocycles. The number of hydrogen-bond donors (Lipinski definition) is 3. The van der Waals surface area contributed by atoms with Crippen LogP contribution >= 0.6 is 7.28 Å². The van der Waals surface area contributed by atoms with Gasteiger partial charge in [0.05, 0.1) is 0 Å². The summed E-state index contributed by atoms with van der Waals surface area (Å²) in [5, 5.41) is 0. The molecule has 3 N–H and O–H groups in total. The molecule has 0 radical (unpaired) electrons. The molecule has 0 aliphatic rings. The monoisotopic (exact) mass is 280 g/mol. The number of hydrogen-bond acceptors (Lipinski definition) is 3. The summed E-state index contributed by atoms with van der Waals surface area (Å²) in [6, 6.07) is 0. The van der Waals surface area contributed by atoms with E-state index in [4.69, 9.17) is 0 Å². The Balaban J connectivity index is 4.43. The third-order valence-corrected chi connectivity index (χ3v) is 6.89. The van der Waals surface area contributed by atoms with E-state index in [-0.39, 0.29) is 11.8 Å². The zero-order valence-electron chi connectivity index (χ0n) is 12.4. The van der Waals surface area contributed by atoms with E-state index in [1.807, 2.05) is 13.8 Å². The van der Waals surface area contributed by atoms with Crippen molar-refractivity contribution in [3.05, 3.63) is 0 Å². The van der Waals surface area contributed by atoms with Gasteiger partial charge in [0.1, 0.15) is 0 Å². The van der Waals surface area contributed by atoms with Gasteiger partial charge in [-0.2, -0.15) is 0 Å². The van der Waals surface area contributed by atoms with Crippen molar-refractivity contribution in [2.75, 3.05) is 6.16 Å². The van der Waals surface area contributed by atoms with Crippen LogP contribution in [-0.2, 0) is 0 Å². The first kappa shape index (κ1) is 18.3. The van der Waals surface area contributed by atoms with E-state index < -0.39 is 7.28 Å². The molecule has 0 saturated heterocycles. The molecule has 1 unspecified atom stereocenters.